The van der Waals surface area contributed by atoms with Gasteiger partial charge in [0.2, 0.25) is 5.95 Å². The Hall–Kier alpha value is -6.43. The van der Waals surface area contributed by atoms with Gasteiger partial charge in [0.05, 0.1) is 23.4 Å². The van der Waals surface area contributed by atoms with E-state index in [4.69, 9.17) is 25.9 Å². The maximum Gasteiger partial charge on any atom is 0.238 e. The molecule has 0 amide bonds. The van der Waals surface area contributed by atoms with E-state index in [9.17, 15) is 1.37 Å². The molecule has 0 saturated carbocycles. The molecule has 10 aromatic rings. The molecule has 0 spiro atoms. The summed E-state index contributed by atoms with van der Waals surface area (Å²) < 4.78 is 81.5. The number of hydrogen-bond donors (Lipinski definition) is 0. The van der Waals surface area contributed by atoms with E-state index in [-0.39, 0.29) is 52.1 Å². The molecule has 0 bridgehead atoms. The monoisotopic (exact) mass is 665 g/mol. The third kappa shape index (κ3) is 4.71. The van der Waals surface area contributed by atoms with Crippen LogP contribution in [0.25, 0.3) is 93.0 Å². The molecule has 3 heterocycles. The van der Waals surface area contributed by atoms with Crippen LogP contribution in [0.15, 0.2) is 170 Å². The number of aromatic nitrogens is 4. The largest absolute Gasteiger partial charge is 0.278 e. The highest BCUT2D eigenvalue weighted by atomic mass is 32.1. The molecular weight excluding hydrogens is 629 g/mol. The summed E-state index contributed by atoms with van der Waals surface area (Å²) in [5.74, 6) is 0.805. The Bertz CT molecular complexity index is 3350. The second-order valence-corrected chi connectivity index (χ2v) is 12.9. The standard InChI is InChI=1S/C45H28N4S/c1-3-12-29(13-4-1)31-22-24-32(25-23-31)43-46-44(36-18-11-21-41-42(36)35-17-8-10-20-40(35)50-41)48-45(47-43)49-38-19-9-7-16-34(38)37-28-33(26-27-39(37)49)30-14-5-2-6-15-30/h1-28H/i2D,5D,6D,7D,9D,14D,15D,16D,19D. The lowest BCUT2D eigenvalue weighted by Crippen LogP contribution is -2.06. The van der Waals surface area contributed by atoms with Gasteiger partial charge in [-0.2, -0.15) is 9.97 Å². The van der Waals surface area contributed by atoms with Crippen LogP contribution in [0.5, 0.6) is 0 Å². The average molecular weight is 666 g/mol. The van der Waals surface area contributed by atoms with Crippen molar-refractivity contribution < 1.29 is 12.3 Å². The molecule has 0 unspecified atom stereocenters. The number of benzene rings is 7. The van der Waals surface area contributed by atoms with E-state index in [0.29, 0.717) is 28.1 Å². The predicted molar refractivity (Wildman–Crippen MR) is 209 cm³/mol. The summed E-state index contributed by atoms with van der Waals surface area (Å²) in [4.78, 5) is 15.2. The van der Waals surface area contributed by atoms with Gasteiger partial charge in [-0.15, -0.1) is 11.3 Å². The van der Waals surface area contributed by atoms with Gasteiger partial charge in [-0.1, -0.05) is 139 Å². The van der Waals surface area contributed by atoms with Crippen LogP contribution in [0.3, 0.4) is 0 Å². The van der Waals surface area contributed by atoms with E-state index in [2.05, 4.69) is 18.2 Å². The Kier molecular flexibility index (Phi) is 4.84. The number of rotatable bonds is 5. The van der Waals surface area contributed by atoms with E-state index in [1.54, 1.807) is 34.1 Å². The SMILES string of the molecule is [2H]c1c([2H])c([2H])c(-c2ccc3c(c2)c2c([2H])c([2H])c([2H])c([2H])c2n3-c2nc(-c3ccc(-c4ccccc4)cc3)nc(-c3cccc4sc5ccccc5c34)n2)c([2H])c1[2H]. The van der Waals surface area contributed by atoms with Crippen LogP contribution in [0.2, 0.25) is 0 Å². The highest BCUT2D eigenvalue weighted by Gasteiger charge is 2.20. The minimum atomic E-state index is -0.516. The Morgan fingerprint density at radius 1 is 0.460 bits per heavy atom. The fraction of sp³-hybridized carbons (Fsp3) is 0. The topological polar surface area (TPSA) is 43.6 Å². The number of nitrogens with zero attached hydrogens (tertiary/aromatic N) is 4. The van der Waals surface area contributed by atoms with Crippen molar-refractivity contribution in [2.24, 2.45) is 0 Å². The minimum absolute atomic E-state index is 0.0283. The Morgan fingerprint density at radius 2 is 1.16 bits per heavy atom. The zero-order valence-electron chi connectivity index (χ0n) is 35.2. The minimum Gasteiger partial charge on any atom is -0.278 e. The second-order valence-electron chi connectivity index (χ2n) is 11.8. The maximum absolute atomic E-state index is 9.22. The molecule has 234 valence electrons. The van der Waals surface area contributed by atoms with Gasteiger partial charge in [0.15, 0.2) is 11.6 Å². The van der Waals surface area contributed by atoms with Gasteiger partial charge in [-0.3, -0.25) is 4.57 Å². The summed E-state index contributed by atoms with van der Waals surface area (Å²) in [6.45, 7) is 0. The lowest BCUT2D eigenvalue weighted by atomic mass is 10.0. The van der Waals surface area contributed by atoms with Crippen molar-refractivity contribution in [2.45, 2.75) is 0 Å². The van der Waals surface area contributed by atoms with Crippen molar-refractivity contribution >= 4 is 53.3 Å². The predicted octanol–water partition coefficient (Wildman–Crippen LogP) is 12.0. The van der Waals surface area contributed by atoms with E-state index in [1.165, 1.54) is 0 Å². The first-order valence-corrected chi connectivity index (χ1v) is 16.8. The summed E-state index contributed by atoms with van der Waals surface area (Å²) in [7, 11) is 0. The number of hydrogen-bond acceptors (Lipinski definition) is 4. The van der Waals surface area contributed by atoms with Crippen molar-refractivity contribution in [1.29, 1.82) is 0 Å². The molecule has 10 rings (SSSR count). The molecule has 0 aliphatic heterocycles. The van der Waals surface area contributed by atoms with Crippen LogP contribution < -0.4 is 0 Å². The highest BCUT2D eigenvalue weighted by Crippen LogP contribution is 2.40. The van der Waals surface area contributed by atoms with Gasteiger partial charge in [-0.25, -0.2) is 4.98 Å². The second kappa shape index (κ2) is 11.6. The lowest BCUT2D eigenvalue weighted by Gasteiger charge is -2.12. The zero-order valence-corrected chi connectivity index (χ0v) is 27.0. The van der Waals surface area contributed by atoms with Gasteiger partial charge >= 0.3 is 0 Å². The van der Waals surface area contributed by atoms with Crippen LogP contribution in [0.1, 0.15) is 12.3 Å². The summed E-state index contributed by atoms with van der Waals surface area (Å²) in [6, 6.07) is 33.1. The molecule has 0 fully saturated rings. The van der Waals surface area contributed by atoms with Crippen LogP contribution in [0.4, 0.5) is 0 Å². The van der Waals surface area contributed by atoms with Gasteiger partial charge in [0.1, 0.15) is 0 Å². The molecule has 0 aliphatic rings. The Balaban J connectivity index is 1.29. The first kappa shape index (κ1) is 20.8. The fourth-order valence-corrected chi connectivity index (χ4v) is 7.73. The number of fused-ring (bicyclic) bond motifs is 6. The first-order chi connectivity index (χ1) is 28.5. The molecular formula is C45H28N4S. The average Bonchev–Trinajstić information content (AvgIpc) is 3.83. The molecule has 0 atom stereocenters. The van der Waals surface area contributed by atoms with Gasteiger partial charge in [-0.05, 0) is 52.6 Å². The quantitative estimate of drug-likeness (QED) is 0.184. The van der Waals surface area contributed by atoms with Gasteiger partial charge in [0.25, 0.3) is 0 Å². The van der Waals surface area contributed by atoms with Crippen molar-refractivity contribution in [2.75, 3.05) is 0 Å². The molecule has 0 N–H and O–H groups in total. The molecule has 5 heteroatoms. The van der Waals surface area contributed by atoms with Crippen LogP contribution in [-0.2, 0) is 0 Å². The number of para-hydroxylation sites is 1. The van der Waals surface area contributed by atoms with E-state index in [0.717, 1.165) is 36.9 Å². The van der Waals surface area contributed by atoms with E-state index < -0.39 is 30.2 Å². The molecule has 4 nitrogen and oxygen atoms in total. The molecule has 50 heavy (non-hydrogen) atoms. The van der Waals surface area contributed by atoms with Crippen LogP contribution >= 0.6 is 11.3 Å². The molecule has 0 aliphatic carbocycles. The van der Waals surface area contributed by atoms with Crippen molar-refractivity contribution in [1.82, 2.24) is 19.5 Å². The van der Waals surface area contributed by atoms with E-state index in [1.807, 2.05) is 78.9 Å². The van der Waals surface area contributed by atoms with E-state index >= 15 is 0 Å². The van der Waals surface area contributed by atoms with Crippen molar-refractivity contribution in [3.8, 4) is 51.0 Å². The summed E-state index contributed by atoms with van der Waals surface area (Å²) >= 11 is 1.67. The van der Waals surface area contributed by atoms with Crippen LogP contribution in [-0.4, -0.2) is 19.5 Å². The number of thiophene rings is 1. The highest BCUT2D eigenvalue weighted by molar-refractivity contribution is 7.25. The smallest absolute Gasteiger partial charge is 0.238 e. The summed E-state index contributed by atoms with van der Waals surface area (Å²) in [5, 5.41) is 2.55. The summed E-state index contributed by atoms with van der Waals surface area (Å²) in [6.07, 6.45) is 0. The van der Waals surface area contributed by atoms with Crippen LogP contribution in [0, 0.1) is 0 Å². The van der Waals surface area contributed by atoms with Gasteiger partial charge in [0, 0.05) is 42.1 Å². The lowest BCUT2D eigenvalue weighted by molar-refractivity contribution is 0.954. The fourth-order valence-electron chi connectivity index (χ4n) is 6.60. The summed E-state index contributed by atoms with van der Waals surface area (Å²) in [5.41, 5.74) is 4.31. The molecule has 0 radical (unpaired) electrons. The third-order valence-electron chi connectivity index (χ3n) is 8.90. The van der Waals surface area contributed by atoms with Crippen molar-refractivity contribution in [3.05, 3.63) is 170 Å². The molecule has 3 aromatic heterocycles. The third-order valence-corrected chi connectivity index (χ3v) is 10.0. The van der Waals surface area contributed by atoms with Crippen molar-refractivity contribution in [3.63, 3.8) is 0 Å². The molecule has 0 saturated heterocycles. The Morgan fingerprint density at radius 3 is 2.04 bits per heavy atom. The molecule has 7 aromatic carbocycles. The maximum atomic E-state index is 9.22. The Labute approximate surface area is 305 Å². The normalized spacial score (nSPS) is 14.1. The zero-order chi connectivity index (χ0) is 40.9. The first-order valence-electron chi connectivity index (χ1n) is 20.5. The van der Waals surface area contributed by atoms with Gasteiger partial charge < -0.3 is 0 Å².